The van der Waals surface area contributed by atoms with Crippen LogP contribution in [0.4, 0.5) is 0 Å². The molecular formula is C16H22ClNOS. The van der Waals surface area contributed by atoms with Gasteiger partial charge in [0.15, 0.2) is 0 Å². The van der Waals surface area contributed by atoms with Crippen LogP contribution >= 0.6 is 23.4 Å². The second-order valence-electron chi connectivity index (χ2n) is 5.29. The van der Waals surface area contributed by atoms with Crippen LogP contribution in [0.1, 0.15) is 37.7 Å². The molecule has 1 saturated carbocycles. The van der Waals surface area contributed by atoms with Crippen LogP contribution in [0.2, 0.25) is 5.02 Å². The second-order valence-corrected chi connectivity index (χ2v) is 7.13. The van der Waals surface area contributed by atoms with Gasteiger partial charge in [-0.05, 0) is 30.5 Å². The van der Waals surface area contributed by atoms with Crippen LogP contribution in [0, 0.1) is 0 Å². The molecule has 0 bridgehead atoms. The predicted octanol–water partition coefficient (Wildman–Crippen LogP) is 4.06. The van der Waals surface area contributed by atoms with E-state index in [9.17, 15) is 4.79 Å². The molecule has 0 heterocycles. The van der Waals surface area contributed by atoms with Crippen LogP contribution in [0.3, 0.4) is 0 Å². The number of hydrogen-bond donors (Lipinski definition) is 1. The summed E-state index contributed by atoms with van der Waals surface area (Å²) in [5.74, 6) is 1.10. The molecule has 0 radical (unpaired) electrons. The van der Waals surface area contributed by atoms with Crippen molar-refractivity contribution in [2.75, 3.05) is 12.3 Å². The fourth-order valence-corrected chi connectivity index (χ4v) is 3.98. The fourth-order valence-electron chi connectivity index (χ4n) is 2.54. The molecule has 1 fully saturated rings. The van der Waals surface area contributed by atoms with E-state index >= 15 is 0 Å². The van der Waals surface area contributed by atoms with Gasteiger partial charge in [0.05, 0.1) is 6.42 Å². The molecule has 1 N–H and O–H groups in total. The van der Waals surface area contributed by atoms with Crippen LogP contribution < -0.4 is 5.32 Å². The fraction of sp³-hybridized carbons (Fsp3) is 0.562. The smallest absolute Gasteiger partial charge is 0.224 e. The molecule has 1 aromatic carbocycles. The average Bonchev–Trinajstić information content (AvgIpc) is 2.45. The highest BCUT2D eigenvalue weighted by Crippen LogP contribution is 2.27. The molecule has 1 aliphatic rings. The van der Waals surface area contributed by atoms with Crippen LogP contribution in [0.25, 0.3) is 0 Å². The van der Waals surface area contributed by atoms with E-state index in [1.807, 2.05) is 36.0 Å². The lowest BCUT2D eigenvalue weighted by Gasteiger charge is -2.20. The number of nitrogens with one attached hydrogen (secondary N) is 1. The highest BCUT2D eigenvalue weighted by atomic mass is 35.5. The number of halogens is 1. The maximum absolute atomic E-state index is 11.8. The van der Waals surface area contributed by atoms with Gasteiger partial charge in [0.2, 0.25) is 5.91 Å². The van der Waals surface area contributed by atoms with Gasteiger partial charge in [-0.15, -0.1) is 0 Å². The van der Waals surface area contributed by atoms with E-state index < -0.39 is 0 Å². The number of rotatable bonds is 6. The second kappa shape index (κ2) is 8.58. The van der Waals surface area contributed by atoms with E-state index in [-0.39, 0.29) is 5.91 Å². The molecule has 20 heavy (non-hydrogen) atoms. The van der Waals surface area contributed by atoms with Gasteiger partial charge in [-0.2, -0.15) is 11.8 Å². The molecule has 0 unspecified atom stereocenters. The zero-order chi connectivity index (χ0) is 14.2. The van der Waals surface area contributed by atoms with Crippen LogP contribution in [0.15, 0.2) is 24.3 Å². The Hall–Kier alpha value is -0.670. The van der Waals surface area contributed by atoms with Gasteiger partial charge < -0.3 is 5.32 Å². The first-order valence-electron chi connectivity index (χ1n) is 7.37. The summed E-state index contributed by atoms with van der Waals surface area (Å²) in [7, 11) is 0. The van der Waals surface area contributed by atoms with Gasteiger partial charge in [0.25, 0.3) is 0 Å². The van der Waals surface area contributed by atoms with Crippen molar-refractivity contribution in [3.05, 3.63) is 34.9 Å². The molecule has 0 aliphatic heterocycles. The van der Waals surface area contributed by atoms with E-state index in [0.717, 1.165) is 23.1 Å². The minimum Gasteiger partial charge on any atom is -0.355 e. The summed E-state index contributed by atoms with van der Waals surface area (Å²) in [4.78, 5) is 11.8. The van der Waals surface area contributed by atoms with E-state index in [2.05, 4.69) is 5.32 Å². The Morgan fingerprint density at radius 1 is 1.30 bits per heavy atom. The summed E-state index contributed by atoms with van der Waals surface area (Å²) in [6, 6.07) is 7.48. The predicted molar refractivity (Wildman–Crippen MR) is 87.5 cm³/mol. The highest BCUT2D eigenvalue weighted by molar-refractivity contribution is 7.99. The number of amides is 1. The minimum absolute atomic E-state index is 0.0801. The Morgan fingerprint density at radius 2 is 2.10 bits per heavy atom. The summed E-state index contributed by atoms with van der Waals surface area (Å²) < 4.78 is 0. The number of carbonyl (C=O) groups is 1. The molecule has 4 heteroatoms. The standard InChI is InChI=1S/C16H22ClNOS/c17-14-6-4-5-13(11-14)12-16(19)18-9-10-20-15-7-2-1-3-8-15/h4-6,11,15H,1-3,7-10,12H2,(H,18,19). The van der Waals surface area contributed by atoms with Crippen molar-refractivity contribution in [3.63, 3.8) is 0 Å². The van der Waals surface area contributed by atoms with Crippen molar-refractivity contribution in [1.29, 1.82) is 0 Å². The molecule has 110 valence electrons. The van der Waals surface area contributed by atoms with Gasteiger partial charge in [-0.3, -0.25) is 4.79 Å². The van der Waals surface area contributed by atoms with Gasteiger partial charge >= 0.3 is 0 Å². The molecule has 2 rings (SSSR count). The van der Waals surface area contributed by atoms with Crippen molar-refractivity contribution < 1.29 is 4.79 Å². The van der Waals surface area contributed by atoms with Gasteiger partial charge in [-0.1, -0.05) is 43.0 Å². The highest BCUT2D eigenvalue weighted by Gasteiger charge is 2.13. The minimum atomic E-state index is 0.0801. The molecule has 1 aromatic rings. The number of benzene rings is 1. The molecule has 1 aliphatic carbocycles. The Morgan fingerprint density at radius 3 is 2.85 bits per heavy atom. The molecule has 1 amide bonds. The maximum atomic E-state index is 11.8. The molecule has 0 aromatic heterocycles. The third-order valence-electron chi connectivity index (χ3n) is 3.58. The van der Waals surface area contributed by atoms with E-state index in [1.54, 1.807) is 0 Å². The summed E-state index contributed by atoms with van der Waals surface area (Å²) in [5.41, 5.74) is 0.968. The lowest BCUT2D eigenvalue weighted by atomic mass is 10.0. The normalized spacial score (nSPS) is 16.1. The third-order valence-corrected chi connectivity index (χ3v) is 5.20. The summed E-state index contributed by atoms with van der Waals surface area (Å²) in [6.07, 6.45) is 7.25. The topological polar surface area (TPSA) is 29.1 Å². The first-order chi connectivity index (χ1) is 9.74. The van der Waals surface area contributed by atoms with Crippen LogP contribution in [0.5, 0.6) is 0 Å². The third kappa shape index (κ3) is 5.76. The molecule has 0 saturated heterocycles. The molecule has 0 atom stereocenters. The first kappa shape index (κ1) is 15.7. The van der Waals surface area contributed by atoms with E-state index in [4.69, 9.17) is 11.6 Å². The Kier molecular flexibility index (Phi) is 6.74. The van der Waals surface area contributed by atoms with Crippen LogP contribution in [-0.2, 0) is 11.2 Å². The van der Waals surface area contributed by atoms with Crippen molar-refractivity contribution >= 4 is 29.3 Å². The van der Waals surface area contributed by atoms with Gasteiger partial charge in [-0.25, -0.2) is 0 Å². The Balaban J connectivity index is 1.60. The number of hydrogen-bond acceptors (Lipinski definition) is 2. The Bertz CT molecular complexity index is 432. The van der Waals surface area contributed by atoms with Crippen molar-refractivity contribution in [3.8, 4) is 0 Å². The summed E-state index contributed by atoms with van der Waals surface area (Å²) >= 11 is 7.92. The van der Waals surface area contributed by atoms with Crippen molar-refractivity contribution in [2.45, 2.75) is 43.8 Å². The molecule has 2 nitrogen and oxygen atoms in total. The van der Waals surface area contributed by atoms with Crippen molar-refractivity contribution in [1.82, 2.24) is 5.32 Å². The zero-order valence-corrected chi connectivity index (χ0v) is 13.3. The lowest BCUT2D eigenvalue weighted by molar-refractivity contribution is -0.120. The summed E-state index contributed by atoms with van der Waals surface area (Å²) in [5, 5.41) is 4.48. The average molecular weight is 312 g/mol. The van der Waals surface area contributed by atoms with E-state index in [1.165, 1.54) is 32.1 Å². The number of carbonyl (C=O) groups excluding carboxylic acids is 1. The SMILES string of the molecule is O=C(Cc1cccc(Cl)c1)NCCSC1CCCCC1. The quantitative estimate of drug-likeness (QED) is 0.803. The first-order valence-corrected chi connectivity index (χ1v) is 8.79. The molecule has 0 spiro atoms. The maximum Gasteiger partial charge on any atom is 0.224 e. The number of thioether (sulfide) groups is 1. The van der Waals surface area contributed by atoms with Crippen molar-refractivity contribution in [2.24, 2.45) is 0 Å². The molecular weight excluding hydrogens is 290 g/mol. The lowest BCUT2D eigenvalue weighted by Crippen LogP contribution is -2.27. The van der Waals surface area contributed by atoms with Crippen LogP contribution in [-0.4, -0.2) is 23.5 Å². The largest absolute Gasteiger partial charge is 0.355 e. The Labute approximate surface area is 130 Å². The van der Waals surface area contributed by atoms with Gasteiger partial charge in [0.1, 0.15) is 0 Å². The zero-order valence-electron chi connectivity index (χ0n) is 11.7. The van der Waals surface area contributed by atoms with E-state index in [0.29, 0.717) is 11.4 Å². The summed E-state index contributed by atoms with van der Waals surface area (Å²) in [6.45, 7) is 0.764. The van der Waals surface area contributed by atoms with Gasteiger partial charge in [0, 0.05) is 22.6 Å². The monoisotopic (exact) mass is 311 g/mol.